The highest BCUT2D eigenvalue weighted by molar-refractivity contribution is 14.0. The van der Waals surface area contributed by atoms with E-state index in [1.54, 1.807) is 6.33 Å². The van der Waals surface area contributed by atoms with Crippen molar-refractivity contribution in [3.8, 4) is 5.69 Å². The summed E-state index contributed by atoms with van der Waals surface area (Å²) in [6.45, 7) is 4.05. The van der Waals surface area contributed by atoms with Gasteiger partial charge in [0.05, 0.1) is 6.54 Å². The zero-order valence-electron chi connectivity index (χ0n) is 16.2. The maximum atomic E-state index is 4.76. The molecule has 0 amide bonds. The average Bonchev–Trinajstić information content (AvgIpc) is 3.25. The van der Waals surface area contributed by atoms with Crippen LogP contribution < -0.4 is 5.32 Å². The third-order valence-electron chi connectivity index (χ3n) is 4.19. The highest BCUT2D eigenvalue weighted by atomic mass is 127. The van der Waals surface area contributed by atoms with Crippen molar-refractivity contribution in [3.05, 3.63) is 64.9 Å². The summed E-state index contributed by atoms with van der Waals surface area (Å²) < 4.78 is 5.14. The van der Waals surface area contributed by atoms with Gasteiger partial charge in [0.2, 0.25) is 0 Å². The van der Waals surface area contributed by atoms with Gasteiger partial charge < -0.3 is 14.8 Å². The van der Waals surface area contributed by atoms with Crippen molar-refractivity contribution in [1.82, 2.24) is 29.5 Å². The van der Waals surface area contributed by atoms with Crippen LogP contribution in [0, 0.1) is 0 Å². The van der Waals surface area contributed by atoms with Crippen LogP contribution in [-0.2, 0) is 20.1 Å². The number of aliphatic imine (C=N–C) groups is 1. The Hall–Kier alpha value is -1.88. The number of nitrogens with one attached hydrogen (secondary N) is 1. The van der Waals surface area contributed by atoms with Crippen LogP contribution in [0.15, 0.2) is 58.4 Å². The summed E-state index contributed by atoms with van der Waals surface area (Å²) in [6, 6.07) is 12.2. The Kier molecular flexibility index (Phi) is 8.49. The Bertz CT molecular complexity index is 904. The third-order valence-corrected chi connectivity index (χ3v) is 4.63. The quantitative estimate of drug-likeness (QED) is 0.286. The minimum absolute atomic E-state index is 0. The fourth-order valence-corrected chi connectivity index (χ4v) is 3.40. The molecule has 1 N–H and O–H groups in total. The number of hydrogen-bond acceptors (Lipinski definition) is 3. The fourth-order valence-electron chi connectivity index (χ4n) is 2.83. The van der Waals surface area contributed by atoms with Crippen LogP contribution in [0.1, 0.15) is 18.4 Å². The zero-order chi connectivity index (χ0) is 19.2. The Balaban J connectivity index is 0.00000280. The number of guanidine groups is 1. The van der Waals surface area contributed by atoms with Crippen LogP contribution in [0.5, 0.6) is 0 Å². The number of benzene rings is 1. The summed E-state index contributed by atoms with van der Waals surface area (Å²) >= 11 is 3.52. The second kappa shape index (κ2) is 10.6. The van der Waals surface area contributed by atoms with Gasteiger partial charge in [0.1, 0.15) is 12.9 Å². The SMILES string of the molecule is CCNC(=NCc1nncn1-c1ccccc1)N(C)Cc1cc(Br)cn1C.I. The van der Waals surface area contributed by atoms with Gasteiger partial charge in [0, 0.05) is 42.7 Å². The Morgan fingerprint density at radius 2 is 2.04 bits per heavy atom. The monoisotopic (exact) mass is 557 g/mol. The van der Waals surface area contributed by atoms with Crippen molar-refractivity contribution in [1.29, 1.82) is 0 Å². The summed E-state index contributed by atoms with van der Waals surface area (Å²) in [4.78, 5) is 6.87. The van der Waals surface area contributed by atoms with Gasteiger partial charge in [-0.2, -0.15) is 0 Å². The fraction of sp³-hybridized carbons (Fsp3) is 0.316. The van der Waals surface area contributed by atoms with Crippen molar-refractivity contribution in [2.75, 3.05) is 13.6 Å². The lowest BCUT2D eigenvalue weighted by Gasteiger charge is -2.22. The number of rotatable bonds is 6. The molecule has 0 spiro atoms. The van der Waals surface area contributed by atoms with Crippen LogP contribution >= 0.6 is 39.9 Å². The van der Waals surface area contributed by atoms with Gasteiger partial charge in [-0.15, -0.1) is 34.2 Å². The van der Waals surface area contributed by atoms with Gasteiger partial charge >= 0.3 is 0 Å². The summed E-state index contributed by atoms with van der Waals surface area (Å²) in [7, 11) is 4.07. The lowest BCUT2D eigenvalue weighted by atomic mass is 10.3. The van der Waals surface area contributed by atoms with Crippen molar-refractivity contribution in [2.45, 2.75) is 20.0 Å². The van der Waals surface area contributed by atoms with Gasteiger partial charge in [-0.1, -0.05) is 18.2 Å². The molecule has 0 radical (unpaired) electrons. The molecule has 0 bridgehead atoms. The first-order chi connectivity index (χ1) is 13.1. The number of nitrogens with zero attached hydrogens (tertiary/aromatic N) is 6. The number of aromatic nitrogens is 4. The van der Waals surface area contributed by atoms with E-state index in [4.69, 9.17) is 4.99 Å². The van der Waals surface area contributed by atoms with E-state index < -0.39 is 0 Å². The lowest BCUT2D eigenvalue weighted by molar-refractivity contribution is 0.461. The standard InChI is InChI=1S/C19H24BrN7.HI/c1-4-21-19(26(3)13-17-10-15(20)12-25(17)2)22-11-18-24-23-14-27(18)16-8-6-5-7-9-16;/h5-10,12,14H,4,11,13H2,1-3H3,(H,21,22);1H. The largest absolute Gasteiger partial charge is 0.357 e. The second-order valence-electron chi connectivity index (χ2n) is 6.24. The molecular formula is C19H25BrIN7. The molecule has 0 aliphatic rings. The van der Waals surface area contributed by atoms with E-state index in [1.165, 1.54) is 5.69 Å². The topological polar surface area (TPSA) is 63.3 Å². The molecule has 2 heterocycles. The molecule has 0 aliphatic carbocycles. The number of hydrogen-bond donors (Lipinski definition) is 1. The normalized spacial score (nSPS) is 11.2. The van der Waals surface area contributed by atoms with Gasteiger partial charge in [0.15, 0.2) is 11.8 Å². The molecule has 0 atom stereocenters. The van der Waals surface area contributed by atoms with Crippen LogP contribution in [-0.4, -0.2) is 43.8 Å². The summed E-state index contributed by atoms with van der Waals surface area (Å²) in [5.41, 5.74) is 2.22. The Labute approximate surface area is 191 Å². The molecule has 28 heavy (non-hydrogen) atoms. The van der Waals surface area contributed by atoms with Crippen LogP contribution in [0.3, 0.4) is 0 Å². The predicted octanol–water partition coefficient (Wildman–Crippen LogP) is 3.58. The number of para-hydroxylation sites is 1. The van der Waals surface area contributed by atoms with E-state index in [9.17, 15) is 0 Å². The highest BCUT2D eigenvalue weighted by Crippen LogP contribution is 2.15. The first-order valence-electron chi connectivity index (χ1n) is 8.83. The maximum Gasteiger partial charge on any atom is 0.194 e. The molecule has 3 rings (SSSR count). The summed E-state index contributed by atoms with van der Waals surface area (Å²) in [5.74, 6) is 1.63. The van der Waals surface area contributed by atoms with E-state index in [0.29, 0.717) is 6.54 Å². The highest BCUT2D eigenvalue weighted by Gasteiger charge is 2.11. The van der Waals surface area contributed by atoms with Crippen LogP contribution in [0.2, 0.25) is 0 Å². The molecule has 150 valence electrons. The number of halogens is 2. The zero-order valence-corrected chi connectivity index (χ0v) is 20.1. The lowest BCUT2D eigenvalue weighted by Crippen LogP contribution is -2.38. The minimum atomic E-state index is 0. The van der Waals surface area contributed by atoms with E-state index in [2.05, 4.69) is 60.1 Å². The molecule has 0 aliphatic heterocycles. The van der Waals surface area contributed by atoms with E-state index in [1.807, 2.05) is 49.0 Å². The molecule has 3 aromatic rings. The molecule has 0 fully saturated rings. The predicted molar refractivity (Wildman–Crippen MR) is 126 cm³/mol. The molecular weight excluding hydrogens is 533 g/mol. The molecule has 0 saturated carbocycles. The second-order valence-corrected chi connectivity index (χ2v) is 7.16. The Morgan fingerprint density at radius 1 is 1.29 bits per heavy atom. The van der Waals surface area contributed by atoms with Gasteiger partial charge in [-0.05, 0) is 41.1 Å². The minimum Gasteiger partial charge on any atom is -0.357 e. The van der Waals surface area contributed by atoms with Crippen molar-refractivity contribution >= 4 is 45.9 Å². The molecule has 9 heteroatoms. The molecule has 1 aromatic carbocycles. The van der Waals surface area contributed by atoms with Crippen LogP contribution in [0.25, 0.3) is 5.69 Å². The van der Waals surface area contributed by atoms with E-state index >= 15 is 0 Å². The van der Waals surface area contributed by atoms with Crippen molar-refractivity contribution < 1.29 is 0 Å². The number of aryl methyl sites for hydroxylation is 1. The first kappa shape index (κ1) is 22.4. The molecule has 0 saturated heterocycles. The first-order valence-corrected chi connectivity index (χ1v) is 9.62. The van der Waals surface area contributed by atoms with Crippen molar-refractivity contribution in [2.24, 2.45) is 12.0 Å². The average molecular weight is 558 g/mol. The van der Waals surface area contributed by atoms with Crippen LogP contribution in [0.4, 0.5) is 0 Å². The third kappa shape index (κ3) is 5.57. The summed E-state index contributed by atoms with van der Waals surface area (Å²) in [5, 5.41) is 11.6. The molecule has 0 unspecified atom stereocenters. The molecule has 2 aromatic heterocycles. The molecule has 7 nitrogen and oxygen atoms in total. The maximum absolute atomic E-state index is 4.76. The van der Waals surface area contributed by atoms with Crippen molar-refractivity contribution in [3.63, 3.8) is 0 Å². The van der Waals surface area contributed by atoms with Gasteiger partial charge in [-0.3, -0.25) is 4.57 Å². The summed E-state index contributed by atoms with van der Waals surface area (Å²) in [6.07, 6.45) is 3.77. The van der Waals surface area contributed by atoms with E-state index in [-0.39, 0.29) is 24.0 Å². The van der Waals surface area contributed by atoms with Gasteiger partial charge in [0.25, 0.3) is 0 Å². The van der Waals surface area contributed by atoms with Gasteiger partial charge in [-0.25, -0.2) is 4.99 Å². The Morgan fingerprint density at radius 3 is 2.68 bits per heavy atom. The smallest absolute Gasteiger partial charge is 0.194 e. The van der Waals surface area contributed by atoms with E-state index in [0.717, 1.165) is 35.0 Å².